The van der Waals surface area contributed by atoms with Crippen molar-refractivity contribution in [2.75, 3.05) is 4.90 Å². The van der Waals surface area contributed by atoms with E-state index in [1.807, 2.05) is 12.1 Å². The molecule has 236 valence electrons. The standard InChI is InChI=1S/C46H31N3O/c1-3-14-34(15-4-1)48-41-21-11-7-13-31(41)23-26-42(48)32-24-27-44-38(29-32)36-18-8-9-19-37(36)39-30-33(25-28-45(39)50-44)46-47-40-20-10-12-22-43(40)49(46)35-16-5-2-6-17-35/h1-22,24-30H,23H2. The third kappa shape index (κ3) is 4.57. The number of allylic oxidation sites excluding steroid dienone is 1. The van der Waals surface area contributed by atoms with Crippen molar-refractivity contribution in [3.05, 3.63) is 187 Å². The van der Waals surface area contributed by atoms with E-state index in [2.05, 4.69) is 173 Å². The summed E-state index contributed by atoms with van der Waals surface area (Å²) in [6.07, 6.45) is 3.22. The van der Waals surface area contributed by atoms with Gasteiger partial charge >= 0.3 is 0 Å². The van der Waals surface area contributed by atoms with Crippen molar-refractivity contribution >= 4 is 28.1 Å². The molecule has 3 heterocycles. The summed E-state index contributed by atoms with van der Waals surface area (Å²) in [6.45, 7) is 0. The van der Waals surface area contributed by atoms with Gasteiger partial charge in [-0.15, -0.1) is 0 Å². The second-order valence-electron chi connectivity index (χ2n) is 12.8. The van der Waals surface area contributed by atoms with Gasteiger partial charge in [0.2, 0.25) is 0 Å². The fourth-order valence-electron chi connectivity index (χ4n) is 7.52. The predicted octanol–water partition coefficient (Wildman–Crippen LogP) is 11.9. The zero-order valence-electron chi connectivity index (χ0n) is 27.2. The zero-order chi connectivity index (χ0) is 33.0. The normalized spacial score (nSPS) is 13.0. The van der Waals surface area contributed by atoms with E-state index in [0.29, 0.717) is 0 Å². The smallest absolute Gasteiger partial charge is 0.145 e. The number of aromatic nitrogens is 2. The highest BCUT2D eigenvalue weighted by atomic mass is 16.5. The van der Waals surface area contributed by atoms with Gasteiger partial charge in [-0.1, -0.05) is 97.1 Å². The van der Waals surface area contributed by atoms with Gasteiger partial charge < -0.3 is 9.64 Å². The number of ether oxygens (including phenoxy) is 1. The maximum absolute atomic E-state index is 6.80. The summed E-state index contributed by atoms with van der Waals surface area (Å²) in [6, 6.07) is 59.8. The van der Waals surface area contributed by atoms with E-state index >= 15 is 0 Å². The first kappa shape index (κ1) is 28.4. The Balaban J connectivity index is 1.12. The first-order valence-electron chi connectivity index (χ1n) is 17.0. The van der Waals surface area contributed by atoms with Crippen LogP contribution >= 0.6 is 0 Å². The van der Waals surface area contributed by atoms with Crippen LogP contribution in [0.3, 0.4) is 0 Å². The first-order valence-corrected chi connectivity index (χ1v) is 17.0. The number of rotatable bonds is 4. The number of benzene rings is 7. The van der Waals surface area contributed by atoms with Crippen LogP contribution in [0.4, 0.5) is 11.4 Å². The molecule has 1 aromatic heterocycles. The van der Waals surface area contributed by atoms with E-state index in [-0.39, 0.29) is 0 Å². The lowest BCUT2D eigenvalue weighted by atomic mass is 9.91. The van der Waals surface area contributed by atoms with Gasteiger partial charge in [-0.25, -0.2) is 4.98 Å². The largest absolute Gasteiger partial charge is 0.456 e. The quantitative estimate of drug-likeness (QED) is 0.192. The van der Waals surface area contributed by atoms with Gasteiger partial charge in [-0.3, -0.25) is 4.57 Å². The number of nitrogens with zero attached hydrogens (tertiary/aromatic N) is 3. The average Bonchev–Trinajstić information content (AvgIpc) is 3.52. The molecule has 0 spiro atoms. The summed E-state index contributed by atoms with van der Waals surface area (Å²) in [5.41, 5.74) is 14.5. The van der Waals surface area contributed by atoms with E-state index in [9.17, 15) is 0 Å². The number of hydrogen-bond donors (Lipinski definition) is 0. The average molecular weight is 642 g/mol. The van der Waals surface area contributed by atoms with Gasteiger partial charge in [0, 0.05) is 39.4 Å². The van der Waals surface area contributed by atoms with Gasteiger partial charge in [0.05, 0.1) is 11.0 Å². The molecular formula is C46H31N3O. The Morgan fingerprint density at radius 1 is 0.500 bits per heavy atom. The SMILES string of the molecule is C1=C(c2ccc3c(c2)-c2ccccc2-c2cc(-c4nc5ccccc5n4-c4ccccc4)ccc2O3)N(c2ccccc2)c2ccccc2C1. The monoisotopic (exact) mass is 641 g/mol. The summed E-state index contributed by atoms with van der Waals surface area (Å²) in [7, 11) is 0. The van der Waals surface area contributed by atoms with E-state index in [1.54, 1.807) is 0 Å². The molecule has 2 aliphatic rings. The van der Waals surface area contributed by atoms with Crippen LogP contribution in [0.5, 0.6) is 11.5 Å². The highest BCUT2D eigenvalue weighted by molar-refractivity contribution is 5.96. The molecule has 50 heavy (non-hydrogen) atoms. The molecule has 0 saturated heterocycles. The molecule has 0 unspecified atom stereocenters. The van der Waals surface area contributed by atoms with Gasteiger partial charge in [0.1, 0.15) is 17.3 Å². The molecule has 8 aromatic rings. The van der Waals surface area contributed by atoms with Gasteiger partial charge in [0.25, 0.3) is 0 Å². The van der Waals surface area contributed by atoms with Crippen LogP contribution in [-0.2, 0) is 6.42 Å². The van der Waals surface area contributed by atoms with Crippen LogP contribution in [0.25, 0.3) is 56.1 Å². The number of fused-ring (bicyclic) bond motifs is 7. The van der Waals surface area contributed by atoms with Crippen LogP contribution in [-0.4, -0.2) is 9.55 Å². The van der Waals surface area contributed by atoms with Crippen molar-refractivity contribution in [2.45, 2.75) is 6.42 Å². The Morgan fingerprint density at radius 2 is 1.10 bits per heavy atom. The maximum Gasteiger partial charge on any atom is 0.145 e. The molecule has 0 N–H and O–H groups in total. The molecule has 0 fully saturated rings. The van der Waals surface area contributed by atoms with Crippen molar-refractivity contribution < 1.29 is 4.74 Å². The van der Waals surface area contributed by atoms with Crippen LogP contribution in [0, 0.1) is 0 Å². The Morgan fingerprint density at radius 3 is 1.86 bits per heavy atom. The summed E-state index contributed by atoms with van der Waals surface area (Å²) in [5, 5.41) is 0. The highest BCUT2D eigenvalue weighted by Crippen LogP contribution is 2.49. The molecular weight excluding hydrogens is 611 g/mol. The van der Waals surface area contributed by atoms with E-state index < -0.39 is 0 Å². The number of hydrogen-bond acceptors (Lipinski definition) is 3. The fraction of sp³-hybridized carbons (Fsp3) is 0.0217. The minimum atomic E-state index is 0.826. The topological polar surface area (TPSA) is 30.3 Å². The molecule has 0 bridgehead atoms. The second-order valence-corrected chi connectivity index (χ2v) is 12.8. The van der Waals surface area contributed by atoms with Crippen molar-refractivity contribution in [1.29, 1.82) is 0 Å². The van der Waals surface area contributed by atoms with Gasteiger partial charge in [0.15, 0.2) is 0 Å². The van der Waals surface area contributed by atoms with E-state index in [4.69, 9.17) is 9.72 Å². The van der Waals surface area contributed by atoms with Crippen molar-refractivity contribution in [3.63, 3.8) is 0 Å². The zero-order valence-corrected chi connectivity index (χ0v) is 27.2. The molecule has 2 aliphatic heterocycles. The molecule has 4 nitrogen and oxygen atoms in total. The van der Waals surface area contributed by atoms with E-state index in [0.717, 1.165) is 79.5 Å². The number of anilines is 2. The summed E-state index contributed by atoms with van der Waals surface area (Å²) >= 11 is 0. The van der Waals surface area contributed by atoms with E-state index in [1.165, 1.54) is 16.9 Å². The van der Waals surface area contributed by atoms with Crippen LogP contribution in [0.2, 0.25) is 0 Å². The van der Waals surface area contributed by atoms with Crippen LogP contribution in [0.15, 0.2) is 176 Å². The molecule has 0 saturated carbocycles. The molecule has 0 aliphatic carbocycles. The summed E-state index contributed by atoms with van der Waals surface area (Å²) in [4.78, 5) is 7.53. The Kier molecular flexibility index (Phi) is 6.53. The Hall–Kier alpha value is -6.65. The molecule has 0 atom stereocenters. The van der Waals surface area contributed by atoms with Gasteiger partial charge in [-0.2, -0.15) is 0 Å². The summed E-state index contributed by atoms with van der Waals surface area (Å²) < 4.78 is 9.05. The number of para-hydroxylation sites is 5. The van der Waals surface area contributed by atoms with Crippen molar-refractivity contribution in [3.8, 4) is 50.8 Å². The third-order valence-corrected chi connectivity index (χ3v) is 9.82. The minimum absolute atomic E-state index is 0.826. The highest BCUT2D eigenvalue weighted by Gasteiger charge is 2.26. The molecule has 4 heteroatoms. The predicted molar refractivity (Wildman–Crippen MR) is 204 cm³/mol. The minimum Gasteiger partial charge on any atom is -0.456 e. The molecule has 0 amide bonds. The second kappa shape index (κ2) is 11.5. The van der Waals surface area contributed by atoms with Crippen LogP contribution in [0.1, 0.15) is 11.1 Å². The lowest BCUT2D eigenvalue weighted by Gasteiger charge is -2.33. The summed E-state index contributed by atoms with van der Waals surface area (Å²) in [5.74, 6) is 2.56. The fourth-order valence-corrected chi connectivity index (χ4v) is 7.52. The van der Waals surface area contributed by atoms with Gasteiger partial charge in [-0.05, 0) is 108 Å². The maximum atomic E-state index is 6.80. The van der Waals surface area contributed by atoms with Crippen molar-refractivity contribution in [2.24, 2.45) is 0 Å². The Bertz CT molecular complexity index is 2600. The first-order chi connectivity index (χ1) is 24.8. The van der Waals surface area contributed by atoms with Crippen molar-refractivity contribution in [1.82, 2.24) is 9.55 Å². The number of imidazole rings is 1. The Labute approximate surface area is 290 Å². The lowest BCUT2D eigenvalue weighted by molar-refractivity contribution is 0.487. The molecule has 7 aromatic carbocycles. The van der Waals surface area contributed by atoms with Crippen LogP contribution < -0.4 is 9.64 Å². The third-order valence-electron chi connectivity index (χ3n) is 9.82. The molecule has 10 rings (SSSR count). The lowest BCUT2D eigenvalue weighted by Crippen LogP contribution is -2.20. The molecule has 0 radical (unpaired) electrons.